The van der Waals surface area contributed by atoms with Gasteiger partial charge in [0.25, 0.3) is 0 Å². The summed E-state index contributed by atoms with van der Waals surface area (Å²) < 4.78 is 9.96. The van der Waals surface area contributed by atoms with E-state index in [0.29, 0.717) is 13.2 Å². The summed E-state index contributed by atoms with van der Waals surface area (Å²) in [6, 6.07) is 0. The Kier molecular flexibility index (Phi) is 3.72. The van der Waals surface area contributed by atoms with Crippen molar-refractivity contribution in [3.05, 3.63) is 11.5 Å². The van der Waals surface area contributed by atoms with Gasteiger partial charge in [0.1, 0.15) is 18.6 Å². The second-order valence-electron chi connectivity index (χ2n) is 2.22. The third kappa shape index (κ3) is 2.71. The first-order valence-corrected chi connectivity index (χ1v) is 4.01. The SMILES string of the molecule is COCCOc1ncnc(Cl)c1N. The minimum absolute atomic E-state index is 0.197. The van der Waals surface area contributed by atoms with E-state index >= 15 is 0 Å². The van der Waals surface area contributed by atoms with Gasteiger partial charge in [-0.25, -0.2) is 4.98 Å². The molecule has 0 radical (unpaired) electrons. The fourth-order valence-electron chi connectivity index (χ4n) is 0.696. The van der Waals surface area contributed by atoms with Gasteiger partial charge >= 0.3 is 0 Å². The van der Waals surface area contributed by atoms with Crippen molar-refractivity contribution in [1.29, 1.82) is 0 Å². The van der Waals surface area contributed by atoms with Gasteiger partial charge in [0.15, 0.2) is 5.15 Å². The van der Waals surface area contributed by atoms with Crippen LogP contribution in [0.25, 0.3) is 0 Å². The third-order valence-electron chi connectivity index (χ3n) is 1.32. The van der Waals surface area contributed by atoms with E-state index in [9.17, 15) is 0 Å². The largest absolute Gasteiger partial charge is 0.474 e. The number of hydrogen-bond donors (Lipinski definition) is 1. The van der Waals surface area contributed by atoms with Gasteiger partial charge < -0.3 is 15.2 Å². The number of nitrogens with zero attached hydrogens (tertiary/aromatic N) is 2. The molecule has 0 aliphatic heterocycles. The second-order valence-corrected chi connectivity index (χ2v) is 2.58. The van der Waals surface area contributed by atoms with Crippen LogP contribution in [0, 0.1) is 0 Å². The van der Waals surface area contributed by atoms with E-state index in [4.69, 9.17) is 26.8 Å². The number of hydrogen-bond acceptors (Lipinski definition) is 5. The Morgan fingerprint density at radius 3 is 2.92 bits per heavy atom. The number of aromatic nitrogens is 2. The molecule has 0 saturated heterocycles. The monoisotopic (exact) mass is 203 g/mol. The quantitative estimate of drug-likeness (QED) is 0.577. The number of nitrogens with two attached hydrogens (primary N) is 1. The summed E-state index contributed by atoms with van der Waals surface area (Å²) in [5.41, 5.74) is 5.79. The van der Waals surface area contributed by atoms with E-state index in [1.54, 1.807) is 7.11 Å². The molecular weight excluding hydrogens is 194 g/mol. The van der Waals surface area contributed by atoms with Crippen molar-refractivity contribution in [2.45, 2.75) is 0 Å². The van der Waals surface area contributed by atoms with E-state index in [2.05, 4.69) is 9.97 Å². The normalized spacial score (nSPS) is 10.0. The standard InChI is InChI=1S/C7H10ClN3O2/c1-12-2-3-13-7-5(9)6(8)10-4-11-7/h4H,2-3,9H2,1H3. The summed E-state index contributed by atoms with van der Waals surface area (Å²) >= 11 is 5.64. The first-order chi connectivity index (χ1) is 6.25. The van der Waals surface area contributed by atoms with Crippen LogP contribution < -0.4 is 10.5 Å². The van der Waals surface area contributed by atoms with Crippen LogP contribution >= 0.6 is 11.6 Å². The topological polar surface area (TPSA) is 70.3 Å². The minimum Gasteiger partial charge on any atom is -0.474 e. The highest BCUT2D eigenvalue weighted by molar-refractivity contribution is 6.32. The molecule has 0 unspecified atom stereocenters. The molecule has 0 aliphatic rings. The summed E-state index contributed by atoms with van der Waals surface area (Å²) in [4.78, 5) is 7.50. The molecule has 5 nitrogen and oxygen atoms in total. The van der Waals surface area contributed by atoms with Crippen LogP contribution in [0.1, 0.15) is 0 Å². The molecule has 2 N–H and O–H groups in total. The Morgan fingerprint density at radius 1 is 1.46 bits per heavy atom. The molecule has 0 aliphatic carbocycles. The molecule has 0 spiro atoms. The van der Waals surface area contributed by atoms with Gasteiger partial charge in [0.2, 0.25) is 5.88 Å². The molecule has 0 fully saturated rings. The first kappa shape index (κ1) is 10.0. The van der Waals surface area contributed by atoms with E-state index in [1.807, 2.05) is 0 Å². The predicted octanol–water partition coefficient (Wildman–Crippen LogP) is 0.737. The van der Waals surface area contributed by atoms with Crippen LogP contribution in [0.3, 0.4) is 0 Å². The number of anilines is 1. The molecule has 1 aromatic rings. The molecule has 72 valence electrons. The van der Waals surface area contributed by atoms with E-state index in [1.165, 1.54) is 6.33 Å². The Morgan fingerprint density at radius 2 is 2.23 bits per heavy atom. The van der Waals surface area contributed by atoms with Gasteiger partial charge in [-0.15, -0.1) is 0 Å². The predicted molar refractivity (Wildman–Crippen MR) is 48.8 cm³/mol. The fourth-order valence-corrected chi connectivity index (χ4v) is 0.820. The van der Waals surface area contributed by atoms with Crippen LogP contribution in [-0.2, 0) is 4.74 Å². The summed E-state index contributed by atoms with van der Waals surface area (Å²) in [6.07, 6.45) is 1.29. The number of halogens is 1. The molecule has 0 amide bonds. The zero-order valence-electron chi connectivity index (χ0n) is 7.16. The lowest BCUT2D eigenvalue weighted by atomic mass is 10.5. The molecule has 1 rings (SSSR count). The van der Waals surface area contributed by atoms with Gasteiger partial charge in [-0.2, -0.15) is 4.98 Å². The van der Waals surface area contributed by atoms with Crippen LogP contribution in [0.4, 0.5) is 5.69 Å². The van der Waals surface area contributed by atoms with Gasteiger partial charge in [-0.05, 0) is 0 Å². The molecule has 0 atom stereocenters. The van der Waals surface area contributed by atoms with Gasteiger partial charge in [0, 0.05) is 7.11 Å². The van der Waals surface area contributed by atoms with E-state index in [-0.39, 0.29) is 16.7 Å². The van der Waals surface area contributed by atoms with E-state index in [0.717, 1.165) is 0 Å². The molecule has 6 heteroatoms. The number of rotatable bonds is 4. The zero-order valence-corrected chi connectivity index (χ0v) is 7.91. The molecule has 0 bridgehead atoms. The van der Waals surface area contributed by atoms with Crippen LogP contribution in [0.15, 0.2) is 6.33 Å². The van der Waals surface area contributed by atoms with Gasteiger partial charge in [-0.1, -0.05) is 11.6 Å². The first-order valence-electron chi connectivity index (χ1n) is 3.63. The van der Waals surface area contributed by atoms with Crippen molar-refractivity contribution in [2.75, 3.05) is 26.1 Å². The molecule has 1 heterocycles. The summed E-state index contributed by atoms with van der Waals surface area (Å²) in [7, 11) is 1.58. The van der Waals surface area contributed by atoms with Crippen molar-refractivity contribution in [2.24, 2.45) is 0 Å². The Balaban J connectivity index is 2.61. The molecule has 13 heavy (non-hydrogen) atoms. The van der Waals surface area contributed by atoms with Crippen LogP contribution in [0.2, 0.25) is 5.15 Å². The fraction of sp³-hybridized carbons (Fsp3) is 0.429. The molecule has 0 saturated carbocycles. The minimum atomic E-state index is 0.197. The Labute approximate surface area is 80.8 Å². The smallest absolute Gasteiger partial charge is 0.241 e. The zero-order chi connectivity index (χ0) is 9.68. The Hall–Kier alpha value is -1.07. The number of ether oxygens (including phenoxy) is 2. The van der Waals surface area contributed by atoms with Crippen molar-refractivity contribution in [3.8, 4) is 5.88 Å². The van der Waals surface area contributed by atoms with Crippen LogP contribution in [0.5, 0.6) is 5.88 Å². The lowest BCUT2D eigenvalue weighted by molar-refractivity contribution is 0.144. The van der Waals surface area contributed by atoms with Gasteiger partial charge in [-0.3, -0.25) is 0 Å². The average Bonchev–Trinajstić information content (AvgIpc) is 2.13. The molecular formula is C7H10ClN3O2. The highest BCUT2D eigenvalue weighted by Crippen LogP contribution is 2.23. The number of methoxy groups -OCH3 is 1. The van der Waals surface area contributed by atoms with Crippen molar-refractivity contribution in [3.63, 3.8) is 0 Å². The van der Waals surface area contributed by atoms with Gasteiger partial charge in [0.05, 0.1) is 6.61 Å². The molecule has 1 aromatic heterocycles. The maximum atomic E-state index is 5.64. The summed E-state index contributed by atoms with van der Waals surface area (Å²) in [6.45, 7) is 0.856. The van der Waals surface area contributed by atoms with Crippen molar-refractivity contribution >= 4 is 17.3 Å². The summed E-state index contributed by atoms with van der Waals surface area (Å²) in [5.74, 6) is 0.289. The summed E-state index contributed by atoms with van der Waals surface area (Å²) in [5, 5.41) is 0.197. The number of nitrogen functional groups attached to an aromatic ring is 1. The van der Waals surface area contributed by atoms with Crippen molar-refractivity contribution < 1.29 is 9.47 Å². The lowest BCUT2D eigenvalue weighted by Crippen LogP contribution is -2.07. The second kappa shape index (κ2) is 4.84. The van der Waals surface area contributed by atoms with Crippen LogP contribution in [-0.4, -0.2) is 30.3 Å². The third-order valence-corrected chi connectivity index (χ3v) is 1.63. The highest BCUT2D eigenvalue weighted by atomic mass is 35.5. The molecule has 0 aromatic carbocycles. The highest BCUT2D eigenvalue weighted by Gasteiger charge is 2.06. The van der Waals surface area contributed by atoms with Crippen molar-refractivity contribution in [1.82, 2.24) is 9.97 Å². The lowest BCUT2D eigenvalue weighted by Gasteiger charge is -2.06. The maximum absolute atomic E-state index is 5.64. The van der Waals surface area contributed by atoms with E-state index < -0.39 is 0 Å². The Bertz CT molecular complexity index is 282. The average molecular weight is 204 g/mol. The maximum Gasteiger partial charge on any atom is 0.241 e.